The molecule has 2 aromatic carbocycles. The minimum Gasteiger partial charge on any atom is -0.378 e. The standard InChI is InChI=1S/C28H32N6O4S/c1-4-11-34-25(20(3)29-26(36)21-8-5-7-19(2)16-21)31-32-28(34)39-18-24(35)30-23-10-6-9-22(17-23)27(37)33-12-14-38-15-13-33/h4-10,16-17,20H,1,11-15,18H2,2-3H3,(H,29,36)(H,30,35)/t20-/m0/s1. The maximum Gasteiger partial charge on any atom is 0.254 e. The van der Waals surface area contributed by atoms with Crippen molar-refractivity contribution >= 4 is 35.2 Å². The van der Waals surface area contributed by atoms with Crippen LogP contribution in [0.25, 0.3) is 0 Å². The van der Waals surface area contributed by atoms with Gasteiger partial charge in [-0.2, -0.15) is 0 Å². The van der Waals surface area contributed by atoms with Crippen LogP contribution >= 0.6 is 11.8 Å². The van der Waals surface area contributed by atoms with Crippen molar-refractivity contribution in [2.24, 2.45) is 0 Å². The van der Waals surface area contributed by atoms with E-state index in [2.05, 4.69) is 27.4 Å². The van der Waals surface area contributed by atoms with Gasteiger partial charge in [-0.15, -0.1) is 16.8 Å². The molecule has 1 aliphatic heterocycles. The monoisotopic (exact) mass is 548 g/mol. The van der Waals surface area contributed by atoms with E-state index in [0.29, 0.717) is 60.6 Å². The van der Waals surface area contributed by atoms with Gasteiger partial charge in [-0.1, -0.05) is 41.6 Å². The quantitative estimate of drug-likeness (QED) is 0.294. The number of aromatic nitrogens is 3. The van der Waals surface area contributed by atoms with Gasteiger partial charge in [0.1, 0.15) is 0 Å². The van der Waals surface area contributed by atoms with Gasteiger partial charge in [0.2, 0.25) is 5.91 Å². The fourth-order valence-corrected chi connectivity index (χ4v) is 4.92. The molecule has 3 amide bonds. The fourth-order valence-electron chi connectivity index (χ4n) is 4.16. The number of thioether (sulfide) groups is 1. The van der Waals surface area contributed by atoms with Crippen molar-refractivity contribution in [2.75, 3.05) is 37.4 Å². The third-order valence-corrected chi connectivity index (χ3v) is 7.06. The van der Waals surface area contributed by atoms with Gasteiger partial charge in [-0.25, -0.2) is 0 Å². The highest BCUT2D eigenvalue weighted by Crippen LogP contribution is 2.22. The van der Waals surface area contributed by atoms with Gasteiger partial charge in [-0.05, 0) is 44.2 Å². The SMILES string of the molecule is C=CCn1c(SCC(=O)Nc2cccc(C(=O)N3CCOCC3)c2)nnc1[C@H](C)NC(=O)c1cccc(C)c1. The summed E-state index contributed by atoms with van der Waals surface area (Å²) in [5.41, 5.74) is 2.62. The molecule has 1 saturated heterocycles. The number of hydrogen-bond donors (Lipinski definition) is 2. The molecule has 1 fully saturated rings. The first-order chi connectivity index (χ1) is 18.9. The summed E-state index contributed by atoms with van der Waals surface area (Å²) in [5, 5.41) is 14.9. The molecule has 0 spiro atoms. The summed E-state index contributed by atoms with van der Waals surface area (Å²) in [4.78, 5) is 40.0. The highest BCUT2D eigenvalue weighted by atomic mass is 32.2. The van der Waals surface area contributed by atoms with Gasteiger partial charge in [-0.3, -0.25) is 14.4 Å². The van der Waals surface area contributed by atoms with Gasteiger partial charge in [0.15, 0.2) is 11.0 Å². The van der Waals surface area contributed by atoms with E-state index in [0.717, 1.165) is 5.56 Å². The summed E-state index contributed by atoms with van der Waals surface area (Å²) < 4.78 is 7.14. The number of nitrogens with zero attached hydrogens (tertiary/aromatic N) is 4. The van der Waals surface area contributed by atoms with E-state index >= 15 is 0 Å². The zero-order valence-corrected chi connectivity index (χ0v) is 22.9. The predicted octanol–water partition coefficient (Wildman–Crippen LogP) is 3.47. The van der Waals surface area contributed by atoms with E-state index in [1.165, 1.54) is 11.8 Å². The second kappa shape index (κ2) is 13.2. The predicted molar refractivity (Wildman–Crippen MR) is 150 cm³/mol. The number of benzene rings is 2. The highest BCUT2D eigenvalue weighted by molar-refractivity contribution is 7.99. The molecule has 10 nitrogen and oxygen atoms in total. The van der Waals surface area contributed by atoms with E-state index in [1.807, 2.05) is 36.6 Å². The van der Waals surface area contributed by atoms with E-state index in [-0.39, 0.29) is 23.5 Å². The Morgan fingerprint density at radius 1 is 1.10 bits per heavy atom. The topological polar surface area (TPSA) is 118 Å². The molecule has 4 rings (SSSR count). The maximum absolute atomic E-state index is 12.8. The van der Waals surface area contributed by atoms with Crippen LogP contribution in [0.15, 0.2) is 66.3 Å². The summed E-state index contributed by atoms with van der Waals surface area (Å²) in [7, 11) is 0. The van der Waals surface area contributed by atoms with Crippen LogP contribution in [0.3, 0.4) is 0 Å². The Labute approximate surface area is 231 Å². The number of ether oxygens (including phenoxy) is 1. The summed E-state index contributed by atoms with van der Waals surface area (Å²) >= 11 is 1.23. The number of allylic oxidation sites excluding steroid dienone is 1. The minimum absolute atomic E-state index is 0.0843. The first-order valence-corrected chi connectivity index (χ1v) is 13.7. The van der Waals surface area contributed by atoms with Gasteiger partial charge in [0, 0.05) is 36.4 Å². The fraction of sp³-hybridized carbons (Fsp3) is 0.321. The Balaban J connectivity index is 1.37. The molecule has 11 heteroatoms. The minimum atomic E-state index is -0.416. The number of anilines is 1. The Hall–Kier alpha value is -3.96. The van der Waals surface area contributed by atoms with Crippen LogP contribution in [0, 0.1) is 6.92 Å². The average molecular weight is 549 g/mol. The van der Waals surface area contributed by atoms with Crippen LogP contribution in [0.1, 0.15) is 45.1 Å². The number of nitrogens with one attached hydrogen (secondary N) is 2. The van der Waals surface area contributed by atoms with E-state index in [9.17, 15) is 14.4 Å². The molecule has 0 radical (unpaired) electrons. The van der Waals surface area contributed by atoms with Crippen LogP contribution in [0.4, 0.5) is 5.69 Å². The summed E-state index contributed by atoms with van der Waals surface area (Å²) in [6.07, 6.45) is 1.71. The van der Waals surface area contributed by atoms with Crippen molar-refractivity contribution in [3.63, 3.8) is 0 Å². The normalized spacial score (nSPS) is 13.9. The van der Waals surface area contributed by atoms with Crippen LogP contribution in [-0.2, 0) is 16.1 Å². The Bertz CT molecular complexity index is 1350. The average Bonchev–Trinajstić information content (AvgIpc) is 3.35. The molecule has 204 valence electrons. The van der Waals surface area contributed by atoms with Crippen molar-refractivity contribution in [3.05, 3.63) is 83.7 Å². The molecule has 0 saturated carbocycles. The molecule has 2 N–H and O–H groups in total. The Kier molecular flexibility index (Phi) is 9.50. The molecular formula is C28H32N6O4S. The van der Waals surface area contributed by atoms with Crippen molar-refractivity contribution in [2.45, 2.75) is 31.6 Å². The summed E-state index contributed by atoms with van der Waals surface area (Å²) in [6, 6.07) is 13.8. The largest absolute Gasteiger partial charge is 0.378 e. The van der Waals surface area contributed by atoms with E-state index in [1.54, 1.807) is 41.3 Å². The third-order valence-electron chi connectivity index (χ3n) is 6.10. The van der Waals surface area contributed by atoms with Crippen molar-refractivity contribution in [3.8, 4) is 0 Å². The number of carbonyl (C=O) groups is 3. The zero-order chi connectivity index (χ0) is 27.8. The summed E-state index contributed by atoms with van der Waals surface area (Å²) in [6.45, 7) is 10.1. The molecular weight excluding hydrogens is 516 g/mol. The molecule has 1 aromatic heterocycles. The second-order valence-electron chi connectivity index (χ2n) is 9.13. The van der Waals surface area contributed by atoms with Crippen molar-refractivity contribution in [1.29, 1.82) is 0 Å². The lowest BCUT2D eigenvalue weighted by molar-refractivity contribution is -0.113. The van der Waals surface area contributed by atoms with Crippen molar-refractivity contribution < 1.29 is 19.1 Å². The van der Waals surface area contributed by atoms with Gasteiger partial charge in [0.25, 0.3) is 11.8 Å². The number of aryl methyl sites for hydroxylation is 1. The zero-order valence-electron chi connectivity index (χ0n) is 22.1. The highest BCUT2D eigenvalue weighted by Gasteiger charge is 2.21. The van der Waals surface area contributed by atoms with Crippen LogP contribution < -0.4 is 10.6 Å². The molecule has 1 atom stereocenters. The number of carbonyl (C=O) groups excluding carboxylic acids is 3. The number of morpholine rings is 1. The number of amides is 3. The van der Waals surface area contributed by atoms with Crippen LogP contribution in [0.5, 0.6) is 0 Å². The number of hydrogen-bond acceptors (Lipinski definition) is 7. The molecule has 0 unspecified atom stereocenters. The Morgan fingerprint density at radius 2 is 1.85 bits per heavy atom. The van der Waals surface area contributed by atoms with Gasteiger partial charge < -0.3 is 24.8 Å². The van der Waals surface area contributed by atoms with E-state index < -0.39 is 6.04 Å². The van der Waals surface area contributed by atoms with Crippen LogP contribution in [0.2, 0.25) is 0 Å². The van der Waals surface area contributed by atoms with Crippen molar-refractivity contribution in [1.82, 2.24) is 25.0 Å². The Morgan fingerprint density at radius 3 is 2.59 bits per heavy atom. The van der Waals surface area contributed by atoms with E-state index in [4.69, 9.17) is 4.74 Å². The molecule has 0 bridgehead atoms. The lowest BCUT2D eigenvalue weighted by Crippen LogP contribution is -2.40. The molecule has 39 heavy (non-hydrogen) atoms. The maximum atomic E-state index is 12.8. The summed E-state index contributed by atoms with van der Waals surface area (Å²) in [5.74, 6) is 0.111. The smallest absolute Gasteiger partial charge is 0.254 e. The molecule has 3 aromatic rings. The van der Waals surface area contributed by atoms with Gasteiger partial charge >= 0.3 is 0 Å². The first-order valence-electron chi connectivity index (χ1n) is 12.7. The molecule has 2 heterocycles. The molecule has 1 aliphatic rings. The van der Waals surface area contributed by atoms with Gasteiger partial charge in [0.05, 0.1) is 25.0 Å². The number of rotatable bonds is 10. The second-order valence-corrected chi connectivity index (χ2v) is 10.1. The lowest BCUT2D eigenvalue weighted by atomic mass is 10.1. The third kappa shape index (κ3) is 7.33. The van der Waals surface area contributed by atoms with Crippen LogP contribution in [-0.4, -0.2) is 69.4 Å². The lowest BCUT2D eigenvalue weighted by Gasteiger charge is -2.27. The first kappa shape index (κ1) is 28.1. The molecule has 0 aliphatic carbocycles.